The highest BCUT2D eigenvalue weighted by Gasteiger charge is 2.50. The van der Waals surface area contributed by atoms with Crippen LogP contribution in [0.25, 0.3) is 6.08 Å². The quantitative estimate of drug-likeness (QED) is 0.781. The van der Waals surface area contributed by atoms with Gasteiger partial charge in [-0.05, 0) is 36.3 Å². The van der Waals surface area contributed by atoms with Gasteiger partial charge in [0.15, 0.2) is 22.9 Å². The molecule has 2 heterocycles. The fourth-order valence-electron chi connectivity index (χ4n) is 3.64. The first kappa shape index (κ1) is 18.3. The monoisotopic (exact) mass is 379 g/mol. The molecule has 2 aromatic rings. The molecule has 2 aliphatic heterocycles. The first-order chi connectivity index (χ1) is 13.5. The molecule has 2 aliphatic rings. The number of nitrogens with zero attached hydrogens (tertiary/aromatic N) is 1. The highest BCUT2D eigenvalue weighted by atomic mass is 16.7. The molecule has 1 atom stereocenters. The summed E-state index contributed by atoms with van der Waals surface area (Å²) in [5, 5.41) is 11.1. The lowest BCUT2D eigenvalue weighted by Crippen LogP contribution is -2.41. The second-order valence-electron chi connectivity index (χ2n) is 6.92. The summed E-state index contributed by atoms with van der Waals surface area (Å²) in [6.07, 6.45) is 3.48. The largest absolute Gasteiger partial charge is 0.454 e. The van der Waals surface area contributed by atoms with Gasteiger partial charge in [0.2, 0.25) is 6.79 Å². The van der Waals surface area contributed by atoms with Crippen molar-refractivity contribution in [2.45, 2.75) is 25.4 Å². The molecule has 2 aromatic carbocycles. The van der Waals surface area contributed by atoms with Gasteiger partial charge in [0.1, 0.15) is 0 Å². The molecule has 0 saturated heterocycles. The molecule has 0 fully saturated rings. The van der Waals surface area contributed by atoms with Crippen molar-refractivity contribution in [3.8, 4) is 11.5 Å². The van der Waals surface area contributed by atoms with Gasteiger partial charge in [0, 0.05) is 12.1 Å². The Balaban J connectivity index is 1.54. The van der Waals surface area contributed by atoms with Gasteiger partial charge in [-0.3, -0.25) is 9.59 Å². The maximum absolute atomic E-state index is 12.9. The molecular formula is C22H21NO5. The Bertz CT molecular complexity index is 967. The summed E-state index contributed by atoms with van der Waals surface area (Å²) in [4.78, 5) is 27.0. The summed E-state index contributed by atoms with van der Waals surface area (Å²) in [6, 6.07) is 12.5. The zero-order valence-electron chi connectivity index (χ0n) is 15.6. The highest BCUT2D eigenvalue weighted by Crippen LogP contribution is 2.42. The number of hydrogen-bond acceptors (Lipinski definition) is 5. The van der Waals surface area contributed by atoms with Crippen molar-refractivity contribution in [2.24, 2.45) is 0 Å². The number of fused-ring (bicyclic) bond motifs is 2. The number of amides is 1. The Labute approximate surface area is 163 Å². The Kier molecular flexibility index (Phi) is 4.65. The molecule has 0 radical (unpaired) electrons. The average Bonchev–Trinajstić information content (AvgIpc) is 3.24. The fourth-order valence-corrected chi connectivity index (χ4v) is 3.64. The molecule has 1 unspecified atom stereocenters. The van der Waals surface area contributed by atoms with Crippen LogP contribution in [0.3, 0.4) is 0 Å². The number of carbonyl (C=O) groups excluding carboxylic acids is 2. The SMILES string of the molecule is CCCN1C(=O)C(O)(CC(=O)C=Cc2ccc3c(c2)OCO3)c2ccccc21. The predicted octanol–water partition coefficient (Wildman–Crippen LogP) is 3.03. The summed E-state index contributed by atoms with van der Waals surface area (Å²) < 4.78 is 10.6. The van der Waals surface area contributed by atoms with Crippen molar-refractivity contribution < 1.29 is 24.2 Å². The minimum Gasteiger partial charge on any atom is -0.454 e. The lowest BCUT2D eigenvalue weighted by atomic mass is 9.89. The van der Waals surface area contributed by atoms with Crippen molar-refractivity contribution >= 4 is 23.5 Å². The van der Waals surface area contributed by atoms with E-state index in [-0.39, 0.29) is 19.0 Å². The average molecular weight is 379 g/mol. The topological polar surface area (TPSA) is 76.1 Å². The number of rotatable bonds is 6. The molecule has 1 amide bonds. The molecule has 6 nitrogen and oxygen atoms in total. The van der Waals surface area contributed by atoms with Gasteiger partial charge >= 0.3 is 0 Å². The number of carbonyl (C=O) groups is 2. The van der Waals surface area contributed by atoms with Gasteiger partial charge in [-0.25, -0.2) is 0 Å². The van der Waals surface area contributed by atoms with Crippen molar-refractivity contribution in [2.75, 3.05) is 18.2 Å². The van der Waals surface area contributed by atoms with E-state index in [4.69, 9.17) is 9.47 Å². The van der Waals surface area contributed by atoms with E-state index in [1.165, 1.54) is 6.08 Å². The molecule has 0 spiro atoms. The van der Waals surface area contributed by atoms with Crippen LogP contribution in [0.4, 0.5) is 5.69 Å². The van der Waals surface area contributed by atoms with Gasteiger partial charge in [-0.1, -0.05) is 37.3 Å². The normalized spacial score (nSPS) is 20.1. The van der Waals surface area contributed by atoms with Crippen LogP contribution in [-0.4, -0.2) is 30.1 Å². The molecule has 0 saturated carbocycles. The van der Waals surface area contributed by atoms with Gasteiger partial charge in [0.05, 0.1) is 12.1 Å². The lowest BCUT2D eigenvalue weighted by Gasteiger charge is -2.22. The van der Waals surface area contributed by atoms with Crippen molar-refractivity contribution in [1.29, 1.82) is 0 Å². The molecule has 6 heteroatoms. The summed E-state index contributed by atoms with van der Waals surface area (Å²) in [6.45, 7) is 2.65. The number of benzene rings is 2. The van der Waals surface area contributed by atoms with E-state index < -0.39 is 11.5 Å². The Hall–Kier alpha value is -3.12. The van der Waals surface area contributed by atoms with Gasteiger partial charge in [-0.15, -0.1) is 0 Å². The summed E-state index contributed by atoms with van der Waals surface area (Å²) in [5.74, 6) is 0.521. The third-order valence-electron chi connectivity index (χ3n) is 4.97. The van der Waals surface area contributed by atoms with Gasteiger partial charge in [-0.2, -0.15) is 0 Å². The number of ketones is 1. The number of hydrogen-bond donors (Lipinski definition) is 1. The first-order valence-corrected chi connectivity index (χ1v) is 9.27. The van der Waals surface area contributed by atoms with Crippen LogP contribution in [0.1, 0.15) is 30.9 Å². The van der Waals surface area contributed by atoms with Crippen molar-refractivity contribution in [1.82, 2.24) is 0 Å². The molecule has 28 heavy (non-hydrogen) atoms. The fraction of sp³-hybridized carbons (Fsp3) is 0.273. The maximum Gasteiger partial charge on any atom is 0.264 e. The van der Waals surface area contributed by atoms with Crippen LogP contribution in [0.2, 0.25) is 0 Å². The molecule has 0 bridgehead atoms. The Morgan fingerprint density at radius 2 is 2.00 bits per heavy atom. The van der Waals surface area contributed by atoms with E-state index in [0.717, 1.165) is 12.0 Å². The second-order valence-corrected chi connectivity index (χ2v) is 6.92. The van der Waals surface area contributed by atoms with Crippen molar-refractivity contribution in [3.63, 3.8) is 0 Å². The third-order valence-corrected chi connectivity index (χ3v) is 4.97. The number of anilines is 1. The van der Waals surface area contributed by atoms with Crippen molar-refractivity contribution in [3.05, 3.63) is 59.7 Å². The summed E-state index contributed by atoms with van der Waals surface area (Å²) in [5.41, 5.74) is 0.0975. The number of aliphatic hydroxyl groups is 1. The van der Waals surface area contributed by atoms with Gasteiger partial charge in [0.25, 0.3) is 5.91 Å². The van der Waals surface area contributed by atoms with E-state index in [9.17, 15) is 14.7 Å². The summed E-state index contributed by atoms with van der Waals surface area (Å²) >= 11 is 0. The van der Waals surface area contributed by atoms with E-state index >= 15 is 0 Å². The zero-order chi connectivity index (χ0) is 19.7. The zero-order valence-corrected chi connectivity index (χ0v) is 15.6. The number of allylic oxidation sites excluding steroid dienone is 1. The number of para-hydroxylation sites is 1. The Morgan fingerprint density at radius 3 is 2.82 bits per heavy atom. The lowest BCUT2D eigenvalue weighted by molar-refractivity contribution is -0.140. The molecule has 1 N–H and O–H groups in total. The van der Waals surface area contributed by atoms with Crippen LogP contribution in [0, 0.1) is 0 Å². The standard InChI is InChI=1S/C22H21NO5/c1-2-11-23-18-6-4-3-5-17(18)22(26,21(23)25)13-16(24)9-7-15-8-10-19-20(12-15)28-14-27-19/h3-10,12,26H,2,11,13-14H2,1H3. The third kappa shape index (κ3) is 3.05. The molecule has 0 aromatic heterocycles. The minimum atomic E-state index is -1.83. The van der Waals surface area contributed by atoms with Crippen LogP contribution in [0.15, 0.2) is 48.5 Å². The van der Waals surface area contributed by atoms with E-state index in [1.807, 2.05) is 19.1 Å². The van der Waals surface area contributed by atoms with Gasteiger partial charge < -0.3 is 19.5 Å². The van der Waals surface area contributed by atoms with E-state index in [1.54, 1.807) is 41.3 Å². The highest BCUT2D eigenvalue weighted by molar-refractivity contribution is 6.10. The van der Waals surface area contributed by atoms with Crippen LogP contribution in [-0.2, 0) is 15.2 Å². The second kappa shape index (κ2) is 7.13. The van der Waals surface area contributed by atoms with E-state index in [0.29, 0.717) is 29.3 Å². The van der Waals surface area contributed by atoms with Crippen LogP contribution >= 0.6 is 0 Å². The Morgan fingerprint density at radius 1 is 1.21 bits per heavy atom. The number of ether oxygens (including phenoxy) is 2. The van der Waals surface area contributed by atoms with E-state index in [2.05, 4.69) is 0 Å². The minimum absolute atomic E-state index is 0.185. The van der Waals surface area contributed by atoms with Crippen LogP contribution in [0.5, 0.6) is 11.5 Å². The molecule has 144 valence electrons. The van der Waals surface area contributed by atoms with Crippen LogP contribution < -0.4 is 14.4 Å². The predicted molar refractivity (Wildman–Crippen MR) is 104 cm³/mol. The first-order valence-electron chi connectivity index (χ1n) is 9.27. The smallest absolute Gasteiger partial charge is 0.264 e. The molecule has 4 rings (SSSR count). The maximum atomic E-state index is 12.9. The summed E-state index contributed by atoms with van der Waals surface area (Å²) in [7, 11) is 0. The molecule has 0 aliphatic carbocycles. The molecular weight excluding hydrogens is 358 g/mol.